The Kier molecular flexibility index (Phi) is 6.44. The third-order valence-electron chi connectivity index (χ3n) is 3.73. The molecule has 0 fully saturated rings. The Morgan fingerprint density at radius 1 is 1.25 bits per heavy atom. The number of carbonyl (C=O) groups excluding carboxylic acids is 1. The first-order valence-corrected chi connectivity index (χ1v) is 9.31. The molecule has 0 saturated carbocycles. The maximum Gasteiger partial charge on any atom is 0.277 e. The van der Waals surface area contributed by atoms with Crippen LogP contribution in [0.5, 0.6) is 17.2 Å². The molecule has 7 nitrogen and oxygen atoms in total. The van der Waals surface area contributed by atoms with Gasteiger partial charge in [-0.1, -0.05) is 18.2 Å². The number of nitrogens with one attached hydrogen (secondary N) is 1. The fourth-order valence-electron chi connectivity index (χ4n) is 2.47. The van der Waals surface area contributed by atoms with Crippen molar-refractivity contribution in [3.63, 3.8) is 0 Å². The van der Waals surface area contributed by atoms with E-state index in [0.717, 1.165) is 5.39 Å². The van der Waals surface area contributed by atoms with Crippen LogP contribution in [0.4, 0.5) is 0 Å². The second kappa shape index (κ2) is 9.18. The van der Waals surface area contributed by atoms with Crippen molar-refractivity contribution >= 4 is 39.0 Å². The van der Waals surface area contributed by atoms with Crippen molar-refractivity contribution in [1.29, 1.82) is 0 Å². The zero-order chi connectivity index (χ0) is 19.9. The summed E-state index contributed by atoms with van der Waals surface area (Å²) >= 11 is 3.33. The molecule has 1 aromatic heterocycles. The van der Waals surface area contributed by atoms with E-state index in [2.05, 4.69) is 31.4 Å². The van der Waals surface area contributed by atoms with Gasteiger partial charge < -0.3 is 14.6 Å². The lowest BCUT2D eigenvalue weighted by Crippen LogP contribution is -2.24. The Morgan fingerprint density at radius 2 is 2.07 bits per heavy atom. The molecule has 0 unspecified atom stereocenters. The molecule has 0 radical (unpaired) electrons. The third-order valence-corrected chi connectivity index (χ3v) is 4.41. The summed E-state index contributed by atoms with van der Waals surface area (Å²) < 4.78 is 11.5. The van der Waals surface area contributed by atoms with Crippen LogP contribution in [0.2, 0.25) is 0 Å². The number of phenols is 1. The van der Waals surface area contributed by atoms with Crippen LogP contribution in [0, 0.1) is 0 Å². The van der Waals surface area contributed by atoms with Crippen molar-refractivity contribution in [3.05, 3.63) is 58.7 Å². The Labute approximate surface area is 170 Å². The number of hydrogen-bond acceptors (Lipinski definition) is 6. The second-order valence-corrected chi connectivity index (χ2v) is 6.54. The van der Waals surface area contributed by atoms with Gasteiger partial charge in [0.25, 0.3) is 5.91 Å². The molecule has 0 spiro atoms. The van der Waals surface area contributed by atoms with Crippen LogP contribution >= 0.6 is 15.9 Å². The number of hydrazone groups is 1. The van der Waals surface area contributed by atoms with Crippen molar-refractivity contribution in [3.8, 4) is 17.2 Å². The fraction of sp³-hybridized carbons (Fsp3) is 0.150. The van der Waals surface area contributed by atoms with E-state index in [9.17, 15) is 9.90 Å². The summed E-state index contributed by atoms with van der Waals surface area (Å²) in [6.07, 6.45) is 3.12. The summed E-state index contributed by atoms with van der Waals surface area (Å²) in [5.41, 5.74) is 3.74. The molecule has 0 aliphatic carbocycles. The number of carbonyl (C=O) groups is 1. The molecule has 0 bridgehead atoms. The van der Waals surface area contributed by atoms with Crippen molar-refractivity contribution in [2.45, 2.75) is 6.92 Å². The minimum Gasteiger partial charge on any atom is -0.504 e. The molecule has 2 N–H and O–H groups in total. The van der Waals surface area contributed by atoms with Crippen molar-refractivity contribution in [2.24, 2.45) is 5.10 Å². The highest BCUT2D eigenvalue weighted by Gasteiger charge is 2.08. The Morgan fingerprint density at radius 3 is 2.89 bits per heavy atom. The number of ether oxygens (including phenoxy) is 2. The van der Waals surface area contributed by atoms with Crippen molar-refractivity contribution < 1.29 is 19.4 Å². The smallest absolute Gasteiger partial charge is 0.277 e. The number of benzene rings is 2. The predicted molar refractivity (Wildman–Crippen MR) is 110 cm³/mol. The molecule has 0 atom stereocenters. The molecule has 8 heteroatoms. The molecule has 0 aliphatic rings. The lowest BCUT2D eigenvalue weighted by atomic mass is 10.2. The van der Waals surface area contributed by atoms with E-state index in [-0.39, 0.29) is 12.4 Å². The van der Waals surface area contributed by atoms with E-state index in [1.165, 1.54) is 12.3 Å². The van der Waals surface area contributed by atoms with Gasteiger partial charge in [-0.3, -0.25) is 9.78 Å². The molecular formula is C20H18BrN3O4. The van der Waals surface area contributed by atoms with Gasteiger partial charge in [0, 0.05) is 21.6 Å². The van der Waals surface area contributed by atoms with E-state index in [1.54, 1.807) is 18.3 Å². The average Bonchev–Trinajstić information content (AvgIpc) is 2.69. The number of aromatic hydroxyl groups is 1. The first-order valence-electron chi connectivity index (χ1n) is 8.52. The van der Waals surface area contributed by atoms with Gasteiger partial charge >= 0.3 is 0 Å². The summed E-state index contributed by atoms with van der Waals surface area (Å²) in [6, 6.07) is 12.4. The lowest BCUT2D eigenvalue weighted by Gasteiger charge is -2.08. The van der Waals surface area contributed by atoms with E-state index in [4.69, 9.17) is 9.47 Å². The van der Waals surface area contributed by atoms with Gasteiger partial charge in [-0.2, -0.15) is 5.10 Å². The van der Waals surface area contributed by atoms with Crippen LogP contribution in [0.25, 0.3) is 10.9 Å². The number of halogens is 1. The highest BCUT2D eigenvalue weighted by atomic mass is 79.9. The molecule has 1 heterocycles. The predicted octanol–water partition coefficient (Wildman–Crippen LogP) is 3.63. The number of nitrogens with zero attached hydrogens (tertiary/aromatic N) is 2. The van der Waals surface area contributed by atoms with E-state index < -0.39 is 5.91 Å². The second-order valence-electron chi connectivity index (χ2n) is 5.69. The molecular weight excluding hydrogens is 426 g/mol. The fourth-order valence-corrected chi connectivity index (χ4v) is 2.90. The van der Waals surface area contributed by atoms with E-state index in [0.29, 0.717) is 33.7 Å². The number of hydrogen-bond donors (Lipinski definition) is 2. The number of fused-ring (bicyclic) bond motifs is 1. The van der Waals surface area contributed by atoms with Crippen LogP contribution in [0.3, 0.4) is 0 Å². The summed E-state index contributed by atoms with van der Waals surface area (Å²) in [6.45, 7) is 2.04. The third kappa shape index (κ3) is 4.77. The number of pyridine rings is 1. The largest absolute Gasteiger partial charge is 0.504 e. The van der Waals surface area contributed by atoms with Crippen LogP contribution in [-0.2, 0) is 4.79 Å². The monoisotopic (exact) mass is 443 g/mol. The quantitative estimate of drug-likeness (QED) is 0.429. The molecule has 2 aromatic carbocycles. The standard InChI is InChI=1S/C20H18BrN3O4/c1-2-27-18-9-14(15(21)10-16(18)25)11-23-24-19(26)12-28-17-7-3-5-13-6-4-8-22-20(13)17/h3-11,25H,2,12H2,1H3,(H,24,26)/b23-11+. The summed E-state index contributed by atoms with van der Waals surface area (Å²) in [7, 11) is 0. The van der Waals surface area contributed by atoms with Crippen LogP contribution in [0.15, 0.2) is 58.2 Å². The Balaban J connectivity index is 1.60. The number of phenolic OH excluding ortho intramolecular Hbond substituents is 1. The van der Waals surface area contributed by atoms with Gasteiger partial charge in [-0.15, -0.1) is 0 Å². The van der Waals surface area contributed by atoms with Gasteiger partial charge in [0.2, 0.25) is 0 Å². The van der Waals surface area contributed by atoms with Crippen LogP contribution in [-0.4, -0.2) is 35.4 Å². The number of aromatic nitrogens is 1. The minimum atomic E-state index is -0.413. The molecule has 144 valence electrons. The molecule has 28 heavy (non-hydrogen) atoms. The van der Waals surface area contributed by atoms with Crippen molar-refractivity contribution in [2.75, 3.05) is 13.2 Å². The highest BCUT2D eigenvalue weighted by Crippen LogP contribution is 2.31. The van der Waals surface area contributed by atoms with Gasteiger partial charge in [-0.25, -0.2) is 5.43 Å². The van der Waals surface area contributed by atoms with E-state index in [1.807, 2.05) is 31.2 Å². The van der Waals surface area contributed by atoms with Crippen molar-refractivity contribution in [1.82, 2.24) is 10.4 Å². The molecule has 3 rings (SSSR count). The maximum atomic E-state index is 12.0. The van der Waals surface area contributed by atoms with Gasteiger partial charge in [0.05, 0.1) is 12.8 Å². The zero-order valence-electron chi connectivity index (χ0n) is 15.1. The van der Waals surface area contributed by atoms with Crippen LogP contribution < -0.4 is 14.9 Å². The van der Waals surface area contributed by atoms with Gasteiger partial charge in [0.15, 0.2) is 18.1 Å². The number of para-hydroxylation sites is 1. The van der Waals surface area contributed by atoms with Gasteiger partial charge in [-0.05, 0) is 47.1 Å². The Bertz CT molecular complexity index is 1020. The maximum absolute atomic E-state index is 12.0. The minimum absolute atomic E-state index is 0.0204. The lowest BCUT2D eigenvalue weighted by molar-refractivity contribution is -0.123. The average molecular weight is 444 g/mol. The summed E-state index contributed by atoms with van der Waals surface area (Å²) in [5, 5.41) is 14.7. The first-order chi connectivity index (χ1) is 13.6. The highest BCUT2D eigenvalue weighted by molar-refractivity contribution is 9.10. The molecule has 0 aliphatic heterocycles. The Hall–Kier alpha value is -3.13. The summed E-state index contributed by atoms with van der Waals surface area (Å²) in [5.74, 6) is 0.473. The number of amides is 1. The summed E-state index contributed by atoms with van der Waals surface area (Å²) in [4.78, 5) is 16.3. The normalized spacial score (nSPS) is 10.9. The van der Waals surface area contributed by atoms with E-state index >= 15 is 0 Å². The molecule has 1 amide bonds. The first kappa shape index (κ1) is 19.6. The molecule has 0 saturated heterocycles. The molecule has 3 aromatic rings. The SMILES string of the molecule is CCOc1cc(/C=N/NC(=O)COc2cccc3cccnc23)c(Br)cc1O. The topological polar surface area (TPSA) is 93.0 Å². The van der Waals surface area contributed by atoms with Gasteiger partial charge in [0.1, 0.15) is 11.3 Å². The van der Waals surface area contributed by atoms with Crippen LogP contribution in [0.1, 0.15) is 12.5 Å². The number of rotatable bonds is 7. The zero-order valence-corrected chi connectivity index (χ0v) is 16.6.